The molecule has 52 heavy (non-hydrogen) atoms. The van der Waals surface area contributed by atoms with Gasteiger partial charge >= 0.3 is 0 Å². The van der Waals surface area contributed by atoms with Gasteiger partial charge in [-0.1, -0.05) is 100 Å². The van der Waals surface area contributed by atoms with Crippen LogP contribution in [0, 0.1) is 13.8 Å². The Morgan fingerprint density at radius 1 is 0.500 bits per heavy atom. The third-order valence-corrected chi connectivity index (χ3v) is 15.6. The number of rotatable bonds is 2. The summed E-state index contributed by atoms with van der Waals surface area (Å²) in [7, 11) is 0. The number of aryl methyl sites for hydroxylation is 2. The highest BCUT2D eigenvalue weighted by molar-refractivity contribution is 7.00. The summed E-state index contributed by atoms with van der Waals surface area (Å²) in [6.07, 6.45) is 10.0. The molecule has 0 bridgehead atoms. The Morgan fingerprint density at radius 2 is 1.15 bits per heavy atom. The molecule has 4 aliphatic heterocycles. The number of para-hydroxylation sites is 2. The first-order valence-corrected chi connectivity index (χ1v) is 20.1. The molecule has 4 atom stereocenters. The first-order valence-electron chi connectivity index (χ1n) is 20.1. The monoisotopic (exact) mass is 679 g/mol. The molecule has 4 heteroatoms. The topological polar surface area (TPSA) is 9.72 Å². The van der Waals surface area contributed by atoms with Gasteiger partial charge in [0.1, 0.15) is 0 Å². The molecule has 2 fully saturated rings. The maximum atomic E-state index is 2.90. The molecule has 6 aliphatic rings. The molecule has 3 nitrogen and oxygen atoms in total. The van der Waals surface area contributed by atoms with Gasteiger partial charge in [0.25, 0.3) is 6.71 Å². The molecule has 2 saturated carbocycles. The van der Waals surface area contributed by atoms with E-state index in [1.165, 1.54) is 124 Å². The lowest BCUT2D eigenvalue weighted by Crippen LogP contribution is -2.64. The minimum atomic E-state index is -0.0153. The highest BCUT2D eigenvalue weighted by Gasteiger charge is 2.62. The summed E-state index contributed by atoms with van der Waals surface area (Å²) >= 11 is 0. The smallest absolute Gasteiger partial charge is 0.252 e. The molecule has 0 spiro atoms. The van der Waals surface area contributed by atoms with Gasteiger partial charge in [0, 0.05) is 50.6 Å². The third kappa shape index (κ3) is 3.55. The third-order valence-electron chi connectivity index (χ3n) is 15.6. The molecular weight excluding hydrogens is 629 g/mol. The Balaban J connectivity index is 1.27. The van der Waals surface area contributed by atoms with Gasteiger partial charge in [0.05, 0.1) is 11.1 Å². The van der Waals surface area contributed by atoms with E-state index in [2.05, 4.69) is 153 Å². The number of hydrogen-bond donors (Lipinski definition) is 0. The molecule has 0 amide bonds. The molecule has 260 valence electrons. The Bertz CT molecular complexity index is 2360. The lowest BCUT2D eigenvalue weighted by molar-refractivity contribution is 0.194. The van der Waals surface area contributed by atoms with Gasteiger partial charge in [0.2, 0.25) is 0 Å². The normalized spacial score (nSPS) is 28.9. The van der Waals surface area contributed by atoms with Crippen molar-refractivity contribution in [3.63, 3.8) is 0 Å². The summed E-state index contributed by atoms with van der Waals surface area (Å²) in [5, 5.41) is 0. The maximum Gasteiger partial charge on any atom is 0.252 e. The molecule has 5 aromatic carbocycles. The van der Waals surface area contributed by atoms with E-state index < -0.39 is 0 Å². The summed E-state index contributed by atoms with van der Waals surface area (Å²) in [5.74, 6) is 0. The molecule has 0 aromatic heterocycles. The minimum Gasteiger partial charge on any atom is -0.335 e. The molecule has 0 N–H and O–H groups in total. The van der Waals surface area contributed by atoms with Crippen molar-refractivity contribution in [2.45, 2.75) is 115 Å². The van der Waals surface area contributed by atoms with Crippen molar-refractivity contribution < 1.29 is 0 Å². The van der Waals surface area contributed by atoms with Gasteiger partial charge < -0.3 is 14.7 Å². The Labute approximate surface area is 310 Å². The van der Waals surface area contributed by atoms with Gasteiger partial charge in [-0.15, -0.1) is 0 Å². The lowest BCUT2D eigenvalue weighted by Gasteiger charge is -2.53. The van der Waals surface area contributed by atoms with E-state index in [-0.39, 0.29) is 28.6 Å². The number of benzene rings is 5. The van der Waals surface area contributed by atoms with Crippen LogP contribution in [0.4, 0.5) is 39.8 Å². The van der Waals surface area contributed by atoms with E-state index in [9.17, 15) is 0 Å². The summed E-state index contributed by atoms with van der Waals surface area (Å²) < 4.78 is 0. The predicted octanol–water partition coefficient (Wildman–Crippen LogP) is 10.4. The van der Waals surface area contributed by atoms with Crippen LogP contribution in [-0.4, -0.2) is 17.8 Å². The summed E-state index contributed by atoms with van der Waals surface area (Å²) in [6, 6.07) is 38.4. The highest BCUT2D eigenvalue weighted by atomic mass is 15.3. The Morgan fingerprint density at radius 3 is 1.94 bits per heavy atom. The van der Waals surface area contributed by atoms with Crippen molar-refractivity contribution in [1.29, 1.82) is 0 Å². The van der Waals surface area contributed by atoms with Crippen LogP contribution in [0.3, 0.4) is 0 Å². The first-order chi connectivity index (χ1) is 25.1. The van der Waals surface area contributed by atoms with Crippen LogP contribution in [0.5, 0.6) is 0 Å². The van der Waals surface area contributed by atoms with E-state index >= 15 is 0 Å². The second-order valence-corrected chi connectivity index (χ2v) is 18.1. The van der Waals surface area contributed by atoms with Crippen molar-refractivity contribution >= 4 is 62.9 Å². The van der Waals surface area contributed by atoms with Crippen LogP contribution < -0.4 is 31.1 Å². The maximum absolute atomic E-state index is 2.90. The van der Waals surface area contributed by atoms with Crippen LogP contribution in [0.25, 0.3) is 0 Å². The van der Waals surface area contributed by atoms with Crippen molar-refractivity contribution in [2.24, 2.45) is 0 Å². The van der Waals surface area contributed by atoms with Crippen LogP contribution in [-0.2, 0) is 10.8 Å². The van der Waals surface area contributed by atoms with Crippen LogP contribution in [0.2, 0.25) is 0 Å². The summed E-state index contributed by atoms with van der Waals surface area (Å²) in [5.41, 5.74) is 19.8. The summed E-state index contributed by atoms with van der Waals surface area (Å²) in [4.78, 5) is 8.34. The fourth-order valence-corrected chi connectivity index (χ4v) is 12.6. The molecule has 2 aliphatic carbocycles. The fraction of sp³-hybridized carbons (Fsp3) is 0.375. The molecular formula is C48H50BN3. The SMILES string of the molecule is Cc1cccc(N2c3cc(C)ccc3B3c4cccc5c4N(c4cc(N6c7ccccc7C7(C)CCCCC67C)cc2c43)C2(C)CCCCC52C)c1. The summed E-state index contributed by atoms with van der Waals surface area (Å²) in [6.45, 7) is 15.0. The number of fused-ring (bicyclic) bond motifs is 10. The number of hydrogen-bond acceptors (Lipinski definition) is 3. The van der Waals surface area contributed by atoms with E-state index in [1.54, 1.807) is 5.56 Å². The Kier molecular flexibility index (Phi) is 6.08. The van der Waals surface area contributed by atoms with Crippen molar-refractivity contribution in [3.05, 3.63) is 119 Å². The second kappa shape index (κ2) is 10.2. The van der Waals surface area contributed by atoms with Gasteiger partial charge in [-0.05, 0) is 128 Å². The van der Waals surface area contributed by atoms with E-state index in [0.29, 0.717) is 0 Å². The van der Waals surface area contributed by atoms with Crippen LogP contribution >= 0.6 is 0 Å². The largest absolute Gasteiger partial charge is 0.335 e. The lowest BCUT2D eigenvalue weighted by atomic mass is 9.33. The first kappa shape index (κ1) is 31.1. The standard InChI is InChI=1S/C48H50BN3/c1-31-15-13-16-33(27-31)50-40-28-32(2)21-22-37(40)49-38-19-14-18-36-44(38)52(48(6)26-12-10-24-46(36,48)4)42-30-34(29-41(50)43(42)49)51-39-20-8-7-17-35(39)45(3)23-9-11-25-47(45,51)5/h7-8,13-22,27-30H,9-12,23-26H2,1-6H3. The van der Waals surface area contributed by atoms with Gasteiger partial charge in [-0.25, -0.2) is 0 Å². The molecule has 11 rings (SSSR count). The predicted molar refractivity (Wildman–Crippen MR) is 221 cm³/mol. The van der Waals surface area contributed by atoms with Crippen molar-refractivity contribution in [3.8, 4) is 0 Å². The van der Waals surface area contributed by atoms with Gasteiger partial charge in [-0.3, -0.25) is 0 Å². The second-order valence-electron chi connectivity index (χ2n) is 18.1. The van der Waals surface area contributed by atoms with Crippen molar-refractivity contribution in [1.82, 2.24) is 0 Å². The molecule has 4 heterocycles. The van der Waals surface area contributed by atoms with E-state index in [4.69, 9.17) is 0 Å². The van der Waals surface area contributed by atoms with Crippen molar-refractivity contribution in [2.75, 3.05) is 14.7 Å². The molecule has 5 aromatic rings. The Hall–Kier alpha value is -4.44. The number of nitrogens with zero attached hydrogens (tertiary/aromatic N) is 3. The zero-order chi connectivity index (χ0) is 35.4. The zero-order valence-electron chi connectivity index (χ0n) is 31.8. The average Bonchev–Trinajstić information content (AvgIpc) is 3.48. The molecule has 0 saturated heterocycles. The zero-order valence-corrected chi connectivity index (χ0v) is 31.8. The quantitative estimate of drug-likeness (QED) is 0.169. The average molecular weight is 680 g/mol. The van der Waals surface area contributed by atoms with E-state index in [0.717, 1.165) is 0 Å². The minimum absolute atomic E-state index is 0.00502. The number of anilines is 7. The van der Waals surface area contributed by atoms with Gasteiger partial charge in [-0.2, -0.15) is 0 Å². The van der Waals surface area contributed by atoms with Crippen LogP contribution in [0.1, 0.15) is 101 Å². The van der Waals surface area contributed by atoms with E-state index in [1.807, 2.05) is 0 Å². The highest BCUT2D eigenvalue weighted by Crippen LogP contribution is 2.64. The van der Waals surface area contributed by atoms with Crippen LogP contribution in [0.15, 0.2) is 97.1 Å². The fourth-order valence-electron chi connectivity index (χ4n) is 12.6. The molecule has 0 radical (unpaired) electrons. The molecule has 4 unspecified atom stereocenters. The van der Waals surface area contributed by atoms with Gasteiger partial charge in [0.15, 0.2) is 0 Å².